The molecule has 0 radical (unpaired) electrons. The molecule has 2 N–H and O–H groups in total. The average molecular weight is 504 g/mol. The van der Waals surface area contributed by atoms with Crippen LogP contribution in [0.3, 0.4) is 0 Å². The second-order valence-corrected chi connectivity index (χ2v) is 12.6. The standard InChI is InChI=1S/C29H49N3O4/c1-13-19(3)22(30-26(35)36-29(10,11)12)25(34)32(28(7,8)9)23(24(33)31-27(4,5)6)21-17-15-20(14-2)16-18-21/h15-19,22-23H,13-14H2,1-12H3,(H,30,35)(H,31,33). The van der Waals surface area contributed by atoms with Crippen LogP contribution in [0.2, 0.25) is 0 Å². The molecule has 1 aromatic carbocycles. The zero-order chi connectivity index (χ0) is 28.1. The number of alkyl carbamates (subject to hydrolysis) is 1. The molecule has 0 fully saturated rings. The highest BCUT2D eigenvalue weighted by molar-refractivity contribution is 5.93. The number of nitrogens with one attached hydrogen (secondary N) is 2. The van der Waals surface area contributed by atoms with Gasteiger partial charge < -0.3 is 20.3 Å². The lowest BCUT2D eigenvalue weighted by Gasteiger charge is -2.44. The van der Waals surface area contributed by atoms with Gasteiger partial charge in [0.15, 0.2) is 0 Å². The van der Waals surface area contributed by atoms with Crippen molar-refractivity contribution in [3.8, 4) is 0 Å². The summed E-state index contributed by atoms with van der Waals surface area (Å²) in [6.45, 7) is 22.8. The predicted octanol–water partition coefficient (Wildman–Crippen LogP) is 5.77. The van der Waals surface area contributed by atoms with Crippen molar-refractivity contribution in [1.29, 1.82) is 0 Å². The monoisotopic (exact) mass is 503 g/mol. The van der Waals surface area contributed by atoms with E-state index in [1.54, 1.807) is 25.7 Å². The van der Waals surface area contributed by atoms with Crippen molar-refractivity contribution >= 4 is 17.9 Å². The van der Waals surface area contributed by atoms with Gasteiger partial charge in [0.25, 0.3) is 0 Å². The van der Waals surface area contributed by atoms with Gasteiger partial charge in [-0.1, -0.05) is 51.5 Å². The van der Waals surface area contributed by atoms with Gasteiger partial charge >= 0.3 is 6.09 Å². The smallest absolute Gasteiger partial charge is 0.408 e. The lowest BCUT2D eigenvalue weighted by Crippen LogP contribution is -2.60. The molecule has 0 heterocycles. The minimum Gasteiger partial charge on any atom is -0.444 e. The van der Waals surface area contributed by atoms with Crippen LogP contribution in [0.15, 0.2) is 24.3 Å². The summed E-state index contributed by atoms with van der Waals surface area (Å²) in [4.78, 5) is 42.4. The molecule has 3 atom stereocenters. The van der Waals surface area contributed by atoms with Gasteiger partial charge in [0.2, 0.25) is 11.8 Å². The highest BCUT2D eigenvalue weighted by Crippen LogP contribution is 2.32. The van der Waals surface area contributed by atoms with Crippen molar-refractivity contribution in [3.63, 3.8) is 0 Å². The minimum absolute atomic E-state index is 0.177. The van der Waals surface area contributed by atoms with Gasteiger partial charge in [0.05, 0.1) is 0 Å². The highest BCUT2D eigenvalue weighted by Gasteiger charge is 2.43. The lowest BCUT2D eigenvalue weighted by atomic mass is 9.91. The van der Waals surface area contributed by atoms with E-state index in [0.29, 0.717) is 6.42 Å². The molecule has 1 rings (SSSR count). The van der Waals surface area contributed by atoms with Crippen LogP contribution in [0.25, 0.3) is 0 Å². The molecular formula is C29H49N3O4. The molecule has 0 aliphatic carbocycles. The van der Waals surface area contributed by atoms with Crippen molar-refractivity contribution in [2.75, 3.05) is 0 Å². The summed E-state index contributed by atoms with van der Waals surface area (Å²) in [7, 11) is 0. The fourth-order valence-electron chi connectivity index (χ4n) is 3.90. The first kappa shape index (κ1) is 31.5. The molecule has 0 aliphatic rings. The Labute approximate surface area is 218 Å². The van der Waals surface area contributed by atoms with Gasteiger partial charge in [-0.25, -0.2) is 4.79 Å². The number of carbonyl (C=O) groups is 3. The Morgan fingerprint density at radius 1 is 0.917 bits per heavy atom. The second-order valence-electron chi connectivity index (χ2n) is 12.6. The molecule has 1 aromatic rings. The van der Waals surface area contributed by atoms with Crippen LogP contribution in [-0.4, -0.2) is 45.5 Å². The number of amides is 3. The summed E-state index contributed by atoms with van der Waals surface area (Å²) in [6, 6.07) is 6.07. The first-order valence-electron chi connectivity index (χ1n) is 13.0. The number of rotatable bonds is 8. The first-order chi connectivity index (χ1) is 16.3. The van der Waals surface area contributed by atoms with Crippen LogP contribution in [0.1, 0.15) is 107 Å². The molecule has 0 spiro atoms. The van der Waals surface area contributed by atoms with Gasteiger partial charge in [-0.05, 0) is 85.8 Å². The predicted molar refractivity (Wildman–Crippen MR) is 146 cm³/mol. The molecule has 36 heavy (non-hydrogen) atoms. The van der Waals surface area contributed by atoms with Gasteiger partial charge in [-0.3, -0.25) is 9.59 Å². The van der Waals surface area contributed by atoms with Crippen LogP contribution >= 0.6 is 0 Å². The summed E-state index contributed by atoms with van der Waals surface area (Å²) >= 11 is 0. The fourth-order valence-corrected chi connectivity index (χ4v) is 3.90. The third-order valence-corrected chi connectivity index (χ3v) is 5.82. The molecule has 0 aliphatic heterocycles. The third-order valence-electron chi connectivity index (χ3n) is 5.82. The number of aryl methyl sites for hydroxylation is 1. The molecule has 0 saturated carbocycles. The minimum atomic E-state index is -0.880. The number of carbonyl (C=O) groups excluding carboxylic acids is 3. The van der Waals surface area contributed by atoms with E-state index >= 15 is 0 Å². The van der Waals surface area contributed by atoms with Crippen LogP contribution in [0, 0.1) is 5.92 Å². The summed E-state index contributed by atoms with van der Waals surface area (Å²) in [5.74, 6) is -0.768. The largest absolute Gasteiger partial charge is 0.444 e. The maximum Gasteiger partial charge on any atom is 0.408 e. The summed E-state index contributed by atoms with van der Waals surface area (Å²) in [6.07, 6.45) is 0.878. The number of ether oxygens (including phenoxy) is 1. The molecule has 7 nitrogen and oxygen atoms in total. The molecule has 3 unspecified atom stereocenters. The fraction of sp³-hybridized carbons (Fsp3) is 0.690. The van der Waals surface area contributed by atoms with Crippen molar-refractivity contribution in [1.82, 2.24) is 15.5 Å². The van der Waals surface area contributed by atoms with Crippen molar-refractivity contribution in [2.45, 2.75) is 125 Å². The topological polar surface area (TPSA) is 87.7 Å². The summed E-state index contributed by atoms with van der Waals surface area (Å²) in [5.41, 5.74) is -0.0471. The highest BCUT2D eigenvalue weighted by atomic mass is 16.6. The van der Waals surface area contributed by atoms with E-state index < -0.39 is 34.9 Å². The second kappa shape index (κ2) is 12.1. The Kier molecular flexibility index (Phi) is 10.6. The quantitative estimate of drug-likeness (QED) is 0.471. The molecule has 7 heteroatoms. The zero-order valence-corrected chi connectivity index (χ0v) is 24.5. The molecule has 0 saturated heterocycles. The SMILES string of the molecule is CCc1ccc(C(C(=O)NC(C)(C)C)N(C(=O)C(NC(=O)OC(C)(C)C)C(C)CC)C(C)(C)C)cc1. The van der Waals surface area contributed by atoms with E-state index in [1.165, 1.54) is 0 Å². The number of hydrogen-bond acceptors (Lipinski definition) is 4. The van der Waals surface area contributed by atoms with Crippen LogP contribution < -0.4 is 10.6 Å². The van der Waals surface area contributed by atoms with Gasteiger partial charge in [-0.2, -0.15) is 0 Å². The molecule has 3 amide bonds. The van der Waals surface area contributed by atoms with E-state index in [2.05, 4.69) is 17.6 Å². The van der Waals surface area contributed by atoms with Crippen molar-refractivity contribution in [2.24, 2.45) is 5.92 Å². The van der Waals surface area contributed by atoms with Gasteiger partial charge in [0, 0.05) is 11.1 Å². The van der Waals surface area contributed by atoms with Crippen LogP contribution in [0.5, 0.6) is 0 Å². The molecule has 0 aromatic heterocycles. The zero-order valence-electron chi connectivity index (χ0n) is 24.5. The van der Waals surface area contributed by atoms with Crippen molar-refractivity contribution < 1.29 is 19.1 Å². The maximum atomic E-state index is 14.3. The first-order valence-corrected chi connectivity index (χ1v) is 13.0. The summed E-state index contributed by atoms with van der Waals surface area (Å²) < 4.78 is 5.46. The Morgan fingerprint density at radius 2 is 1.44 bits per heavy atom. The third kappa shape index (κ3) is 9.47. The number of hydrogen-bond donors (Lipinski definition) is 2. The summed E-state index contributed by atoms with van der Waals surface area (Å²) in [5, 5.41) is 5.87. The number of benzene rings is 1. The van der Waals surface area contributed by atoms with Crippen LogP contribution in [0.4, 0.5) is 4.79 Å². The van der Waals surface area contributed by atoms with Crippen LogP contribution in [-0.2, 0) is 20.7 Å². The van der Waals surface area contributed by atoms with E-state index in [0.717, 1.165) is 17.5 Å². The average Bonchev–Trinajstić information content (AvgIpc) is 2.71. The Hall–Kier alpha value is -2.57. The maximum absolute atomic E-state index is 14.3. The Bertz CT molecular complexity index is 889. The Morgan fingerprint density at radius 3 is 1.83 bits per heavy atom. The van der Waals surface area contributed by atoms with E-state index in [-0.39, 0.29) is 17.7 Å². The van der Waals surface area contributed by atoms with Gasteiger partial charge in [-0.15, -0.1) is 0 Å². The van der Waals surface area contributed by atoms with E-state index in [4.69, 9.17) is 4.74 Å². The lowest BCUT2D eigenvalue weighted by molar-refractivity contribution is -0.150. The van der Waals surface area contributed by atoms with Gasteiger partial charge in [0.1, 0.15) is 17.7 Å². The molecular weight excluding hydrogens is 454 g/mol. The van der Waals surface area contributed by atoms with Crippen molar-refractivity contribution in [3.05, 3.63) is 35.4 Å². The van der Waals surface area contributed by atoms with E-state index in [9.17, 15) is 14.4 Å². The Balaban J connectivity index is 3.64. The normalized spacial score (nSPS) is 14.9. The van der Waals surface area contributed by atoms with E-state index in [1.807, 2.05) is 79.7 Å². The number of nitrogens with zero attached hydrogens (tertiary/aromatic N) is 1. The molecule has 0 bridgehead atoms. The molecule has 204 valence electrons.